The molecular formula is C14H10ClFN2O3. The zero-order valence-electron chi connectivity index (χ0n) is 10.9. The third-order valence-electron chi connectivity index (χ3n) is 2.95. The lowest BCUT2D eigenvalue weighted by Gasteiger charge is -2.09. The van der Waals surface area contributed by atoms with Crippen molar-refractivity contribution in [2.24, 2.45) is 0 Å². The van der Waals surface area contributed by atoms with Gasteiger partial charge in [-0.3, -0.25) is 14.9 Å². The fourth-order valence-corrected chi connectivity index (χ4v) is 2.03. The molecule has 0 radical (unpaired) electrons. The molecule has 0 bridgehead atoms. The standard InChI is InChI=1S/C14H10ClFN2O3/c1-8-9(4-2-7-12(8)18(20)21)14(19)17-11-6-3-5-10(15)13(11)16/h2-7H,1H3,(H,17,19). The van der Waals surface area contributed by atoms with E-state index in [1.807, 2.05) is 0 Å². The second kappa shape index (κ2) is 5.88. The van der Waals surface area contributed by atoms with Gasteiger partial charge in [0.15, 0.2) is 5.82 Å². The zero-order chi connectivity index (χ0) is 15.6. The molecule has 0 spiro atoms. The van der Waals surface area contributed by atoms with Gasteiger partial charge < -0.3 is 5.32 Å². The third-order valence-corrected chi connectivity index (χ3v) is 3.24. The molecule has 1 amide bonds. The first kappa shape index (κ1) is 14.9. The van der Waals surface area contributed by atoms with Crippen LogP contribution < -0.4 is 5.32 Å². The van der Waals surface area contributed by atoms with Crippen LogP contribution in [0.1, 0.15) is 15.9 Å². The Bertz CT molecular complexity index is 734. The topological polar surface area (TPSA) is 72.2 Å². The first-order valence-corrected chi connectivity index (χ1v) is 6.29. The van der Waals surface area contributed by atoms with Crippen molar-refractivity contribution in [3.05, 3.63) is 68.5 Å². The number of benzene rings is 2. The lowest BCUT2D eigenvalue weighted by molar-refractivity contribution is -0.385. The zero-order valence-corrected chi connectivity index (χ0v) is 11.6. The molecule has 0 atom stereocenters. The van der Waals surface area contributed by atoms with Gasteiger partial charge in [-0.05, 0) is 25.1 Å². The van der Waals surface area contributed by atoms with Crippen molar-refractivity contribution in [2.75, 3.05) is 5.32 Å². The predicted octanol–water partition coefficient (Wildman–Crippen LogP) is 3.95. The molecule has 5 nitrogen and oxygen atoms in total. The highest BCUT2D eigenvalue weighted by Crippen LogP contribution is 2.25. The molecule has 0 unspecified atom stereocenters. The van der Waals surface area contributed by atoms with Crippen LogP contribution in [-0.2, 0) is 0 Å². The number of nitrogens with one attached hydrogen (secondary N) is 1. The second-order valence-corrected chi connectivity index (χ2v) is 4.67. The monoisotopic (exact) mass is 308 g/mol. The average molecular weight is 309 g/mol. The highest BCUT2D eigenvalue weighted by atomic mass is 35.5. The van der Waals surface area contributed by atoms with Crippen molar-refractivity contribution < 1.29 is 14.1 Å². The van der Waals surface area contributed by atoms with E-state index >= 15 is 0 Å². The highest BCUT2D eigenvalue weighted by molar-refractivity contribution is 6.31. The van der Waals surface area contributed by atoms with E-state index in [0.29, 0.717) is 0 Å². The number of rotatable bonds is 3. The number of carbonyl (C=O) groups excluding carboxylic acids is 1. The molecular weight excluding hydrogens is 299 g/mol. The number of hydrogen-bond acceptors (Lipinski definition) is 3. The number of nitro benzene ring substituents is 1. The van der Waals surface area contributed by atoms with E-state index in [0.717, 1.165) is 0 Å². The van der Waals surface area contributed by atoms with Crippen LogP contribution >= 0.6 is 11.6 Å². The molecule has 0 saturated carbocycles. The van der Waals surface area contributed by atoms with E-state index in [4.69, 9.17) is 11.6 Å². The Morgan fingerprint density at radius 3 is 2.62 bits per heavy atom. The predicted molar refractivity (Wildman–Crippen MR) is 77.2 cm³/mol. The minimum Gasteiger partial charge on any atom is -0.319 e. The summed E-state index contributed by atoms with van der Waals surface area (Å²) in [6.45, 7) is 1.46. The molecule has 0 aliphatic rings. The maximum Gasteiger partial charge on any atom is 0.273 e. The summed E-state index contributed by atoms with van der Waals surface area (Å²) in [6.07, 6.45) is 0. The number of carbonyl (C=O) groups is 1. The summed E-state index contributed by atoms with van der Waals surface area (Å²) in [5, 5.41) is 13.1. The Kier molecular flexibility index (Phi) is 4.18. The minimum atomic E-state index is -0.754. The summed E-state index contributed by atoms with van der Waals surface area (Å²) in [7, 11) is 0. The van der Waals surface area contributed by atoms with Gasteiger partial charge in [-0.2, -0.15) is 0 Å². The van der Waals surface area contributed by atoms with Gasteiger partial charge in [-0.1, -0.05) is 23.7 Å². The summed E-state index contributed by atoms with van der Waals surface area (Å²) in [5.41, 5.74) is 0.0543. The number of amides is 1. The van der Waals surface area contributed by atoms with Gasteiger partial charge in [-0.25, -0.2) is 4.39 Å². The van der Waals surface area contributed by atoms with Gasteiger partial charge in [-0.15, -0.1) is 0 Å². The molecule has 21 heavy (non-hydrogen) atoms. The van der Waals surface area contributed by atoms with Crippen LogP contribution in [0.3, 0.4) is 0 Å². The summed E-state index contributed by atoms with van der Waals surface area (Å²) in [6, 6.07) is 8.32. The Morgan fingerprint density at radius 2 is 1.95 bits per heavy atom. The summed E-state index contributed by atoms with van der Waals surface area (Å²) >= 11 is 5.63. The SMILES string of the molecule is Cc1c(C(=O)Nc2cccc(Cl)c2F)cccc1[N+](=O)[O-]. The van der Waals surface area contributed by atoms with Crippen molar-refractivity contribution in [1.29, 1.82) is 0 Å². The molecule has 7 heteroatoms. The maximum absolute atomic E-state index is 13.7. The third kappa shape index (κ3) is 3.00. The van der Waals surface area contributed by atoms with E-state index in [1.165, 1.54) is 43.3 Å². The second-order valence-electron chi connectivity index (χ2n) is 4.26. The molecule has 2 rings (SSSR count). The first-order chi connectivity index (χ1) is 9.91. The lowest BCUT2D eigenvalue weighted by Crippen LogP contribution is -2.15. The van der Waals surface area contributed by atoms with Crippen LogP contribution in [-0.4, -0.2) is 10.8 Å². The van der Waals surface area contributed by atoms with E-state index < -0.39 is 16.6 Å². The van der Waals surface area contributed by atoms with E-state index in [9.17, 15) is 19.3 Å². The van der Waals surface area contributed by atoms with Crippen molar-refractivity contribution >= 4 is 28.9 Å². The Morgan fingerprint density at radius 1 is 1.29 bits per heavy atom. The van der Waals surface area contributed by atoms with Crippen molar-refractivity contribution in [3.63, 3.8) is 0 Å². The minimum absolute atomic E-state index is 0.0848. The van der Waals surface area contributed by atoms with Gasteiger partial charge in [0.05, 0.1) is 15.6 Å². The molecule has 108 valence electrons. The normalized spacial score (nSPS) is 10.2. The molecule has 0 heterocycles. The number of halogens is 2. The van der Waals surface area contributed by atoms with Crippen molar-refractivity contribution in [2.45, 2.75) is 6.92 Å². The van der Waals surface area contributed by atoms with E-state index in [2.05, 4.69) is 5.32 Å². The first-order valence-electron chi connectivity index (χ1n) is 5.91. The quantitative estimate of drug-likeness (QED) is 0.689. The van der Waals surface area contributed by atoms with Crippen molar-refractivity contribution in [3.8, 4) is 0 Å². The van der Waals surface area contributed by atoms with Crippen LogP contribution in [0.2, 0.25) is 5.02 Å². The molecule has 0 aliphatic heterocycles. The Labute approximate surface area is 124 Å². The van der Waals surface area contributed by atoms with E-state index in [1.54, 1.807) is 0 Å². The Hall–Kier alpha value is -2.47. The molecule has 2 aromatic rings. The molecule has 1 N–H and O–H groups in total. The van der Waals surface area contributed by atoms with Gasteiger partial charge in [0.25, 0.3) is 11.6 Å². The summed E-state index contributed by atoms with van der Waals surface area (Å²) < 4.78 is 13.7. The van der Waals surface area contributed by atoms with Gasteiger partial charge in [0.1, 0.15) is 0 Å². The summed E-state index contributed by atoms with van der Waals surface area (Å²) in [5.74, 6) is -1.40. The van der Waals surface area contributed by atoms with Crippen LogP contribution in [0.15, 0.2) is 36.4 Å². The van der Waals surface area contributed by atoms with Crippen LogP contribution in [0.4, 0.5) is 15.8 Å². The number of hydrogen-bond donors (Lipinski definition) is 1. The van der Waals surface area contributed by atoms with Gasteiger partial charge >= 0.3 is 0 Å². The van der Waals surface area contributed by atoms with Gasteiger partial charge in [0.2, 0.25) is 0 Å². The summed E-state index contributed by atoms with van der Waals surface area (Å²) in [4.78, 5) is 22.4. The lowest BCUT2D eigenvalue weighted by atomic mass is 10.1. The van der Waals surface area contributed by atoms with E-state index in [-0.39, 0.29) is 27.5 Å². The average Bonchev–Trinajstić information content (AvgIpc) is 2.43. The van der Waals surface area contributed by atoms with Crippen LogP contribution in [0.5, 0.6) is 0 Å². The molecule has 0 fully saturated rings. The Balaban J connectivity index is 2.35. The van der Waals surface area contributed by atoms with Crippen LogP contribution in [0, 0.1) is 22.9 Å². The molecule has 2 aromatic carbocycles. The fourth-order valence-electron chi connectivity index (χ4n) is 1.86. The number of anilines is 1. The van der Waals surface area contributed by atoms with Crippen molar-refractivity contribution in [1.82, 2.24) is 0 Å². The molecule has 0 aliphatic carbocycles. The van der Waals surface area contributed by atoms with Crippen LogP contribution in [0.25, 0.3) is 0 Å². The smallest absolute Gasteiger partial charge is 0.273 e. The molecule has 0 saturated heterocycles. The maximum atomic E-state index is 13.7. The highest BCUT2D eigenvalue weighted by Gasteiger charge is 2.19. The fraction of sp³-hybridized carbons (Fsp3) is 0.0714. The van der Waals surface area contributed by atoms with Gasteiger partial charge in [0, 0.05) is 17.2 Å². The molecule has 0 aromatic heterocycles. The largest absolute Gasteiger partial charge is 0.319 e. The number of nitrogens with zero attached hydrogens (tertiary/aromatic N) is 1. The number of nitro groups is 1.